The number of amides is 1. The van der Waals surface area contributed by atoms with Gasteiger partial charge in [-0.05, 0) is 18.6 Å². The number of carbonyl (C=O) groups excluding carboxylic acids is 1. The van der Waals surface area contributed by atoms with Crippen molar-refractivity contribution in [2.75, 3.05) is 18.4 Å². The quantitative estimate of drug-likeness (QED) is 0.838. The lowest BCUT2D eigenvalue weighted by Gasteiger charge is -2.16. The van der Waals surface area contributed by atoms with E-state index >= 15 is 0 Å². The molecule has 0 bridgehead atoms. The third kappa shape index (κ3) is 2.51. The van der Waals surface area contributed by atoms with E-state index in [1.807, 2.05) is 30.0 Å². The molecule has 2 heterocycles. The van der Waals surface area contributed by atoms with Crippen LogP contribution in [0, 0.1) is 0 Å². The van der Waals surface area contributed by atoms with Crippen LogP contribution < -0.4 is 5.32 Å². The van der Waals surface area contributed by atoms with Crippen molar-refractivity contribution in [2.24, 2.45) is 0 Å². The molecule has 0 aromatic carbocycles. The molecule has 1 atom stereocenters. The molecule has 1 saturated heterocycles. The molecule has 1 aromatic heterocycles. The number of anilines is 1. The number of hydrogen-bond donors (Lipinski definition) is 1. The van der Waals surface area contributed by atoms with Crippen molar-refractivity contribution >= 4 is 11.7 Å². The second-order valence-corrected chi connectivity index (χ2v) is 4.04. The van der Waals surface area contributed by atoms with E-state index in [1.54, 1.807) is 6.20 Å². The lowest BCUT2D eigenvalue weighted by atomic mass is 10.2. The first kappa shape index (κ1) is 10.9. The van der Waals surface area contributed by atoms with E-state index in [9.17, 15) is 4.79 Å². The summed E-state index contributed by atoms with van der Waals surface area (Å²) >= 11 is 0. The lowest BCUT2D eigenvalue weighted by Crippen LogP contribution is -2.31. The van der Waals surface area contributed by atoms with Gasteiger partial charge in [-0.1, -0.05) is 13.0 Å². The molecule has 1 unspecified atom stereocenters. The Labute approximate surface area is 95.7 Å². The summed E-state index contributed by atoms with van der Waals surface area (Å²) in [6, 6.07) is 6.14. The molecule has 0 spiro atoms. The van der Waals surface area contributed by atoms with Crippen molar-refractivity contribution in [1.82, 2.24) is 9.88 Å². The van der Waals surface area contributed by atoms with Gasteiger partial charge in [-0.2, -0.15) is 0 Å². The monoisotopic (exact) mass is 219 g/mol. The van der Waals surface area contributed by atoms with Crippen LogP contribution in [-0.4, -0.2) is 34.9 Å². The number of aromatic nitrogens is 1. The second kappa shape index (κ2) is 4.96. The van der Waals surface area contributed by atoms with Crippen molar-refractivity contribution in [3.63, 3.8) is 0 Å². The zero-order valence-electron chi connectivity index (χ0n) is 9.52. The Balaban J connectivity index is 1.88. The van der Waals surface area contributed by atoms with Crippen molar-refractivity contribution in [1.29, 1.82) is 0 Å². The summed E-state index contributed by atoms with van der Waals surface area (Å²) in [6.07, 6.45) is 3.37. The van der Waals surface area contributed by atoms with Gasteiger partial charge in [0.25, 0.3) is 0 Å². The molecular weight excluding hydrogens is 202 g/mol. The molecule has 1 aromatic rings. The maximum atomic E-state index is 11.5. The van der Waals surface area contributed by atoms with Gasteiger partial charge in [-0.3, -0.25) is 4.79 Å². The minimum Gasteiger partial charge on any atom is -0.365 e. The van der Waals surface area contributed by atoms with E-state index < -0.39 is 0 Å². The predicted octanol–water partition coefficient (Wildman–Crippen LogP) is 1.50. The molecule has 2 rings (SSSR count). The van der Waals surface area contributed by atoms with Crippen LogP contribution >= 0.6 is 0 Å². The molecule has 1 aliphatic rings. The van der Waals surface area contributed by atoms with Crippen molar-refractivity contribution < 1.29 is 4.79 Å². The average molecular weight is 219 g/mol. The normalized spacial score (nSPS) is 19.8. The fourth-order valence-electron chi connectivity index (χ4n) is 1.99. The third-order valence-corrected chi connectivity index (χ3v) is 2.86. The van der Waals surface area contributed by atoms with Crippen LogP contribution in [-0.2, 0) is 4.79 Å². The Morgan fingerprint density at radius 3 is 3.19 bits per heavy atom. The Morgan fingerprint density at radius 1 is 1.62 bits per heavy atom. The van der Waals surface area contributed by atoms with Gasteiger partial charge < -0.3 is 10.2 Å². The number of carbonyl (C=O) groups is 1. The van der Waals surface area contributed by atoms with Crippen LogP contribution in [0.2, 0.25) is 0 Å². The van der Waals surface area contributed by atoms with Gasteiger partial charge in [0.05, 0.1) is 0 Å². The molecular formula is C12H17N3O. The highest BCUT2D eigenvalue weighted by molar-refractivity contribution is 5.76. The maximum absolute atomic E-state index is 11.5. The Hall–Kier alpha value is -1.58. The van der Waals surface area contributed by atoms with E-state index in [-0.39, 0.29) is 5.91 Å². The van der Waals surface area contributed by atoms with Gasteiger partial charge in [0.2, 0.25) is 5.91 Å². The standard InChI is InChI=1S/C12H17N3O/c1-2-12(16)15-8-6-10(9-15)14-11-5-3-4-7-13-11/h3-5,7,10H,2,6,8-9H2,1H3,(H,13,14). The van der Waals surface area contributed by atoms with E-state index in [4.69, 9.17) is 0 Å². The summed E-state index contributed by atoms with van der Waals surface area (Å²) in [7, 11) is 0. The van der Waals surface area contributed by atoms with Crippen molar-refractivity contribution in [2.45, 2.75) is 25.8 Å². The lowest BCUT2D eigenvalue weighted by molar-refractivity contribution is -0.129. The van der Waals surface area contributed by atoms with Crippen LogP contribution in [0.25, 0.3) is 0 Å². The molecule has 86 valence electrons. The van der Waals surface area contributed by atoms with Gasteiger partial charge in [-0.15, -0.1) is 0 Å². The Bertz CT molecular complexity index is 353. The number of pyridine rings is 1. The number of nitrogens with one attached hydrogen (secondary N) is 1. The molecule has 16 heavy (non-hydrogen) atoms. The van der Waals surface area contributed by atoms with Gasteiger partial charge in [0.15, 0.2) is 0 Å². The summed E-state index contributed by atoms with van der Waals surface area (Å²) in [5.74, 6) is 1.13. The zero-order chi connectivity index (χ0) is 11.4. The fraction of sp³-hybridized carbons (Fsp3) is 0.500. The maximum Gasteiger partial charge on any atom is 0.222 e. The van der Waals surface area contributed by atoms with Crippen LogP contribution in [0.3, 0.4) is 0 Å². The molecule has 1 fully saturated rings. The van der Waals surface area contributed by atoms with E-state index in [0.717, 1.165) is 25.3 Å². The van der Waals surface area contributed by atoms with E-state index in [2.05, 4.69) is 10.3 Å². The molecule has 1 amide bonds. The minimum atomic E-state index is 0.241. The topological polar surface area (TPSA) is 45.2 Å². The summed E-state index contributed by atoms with van der Waals surface area (Å²) in [5, 5.41) is 3.34. The first-order valence-corrected chi connectivity index (χ1v) is 5.75. The Kier molecular flexibility index (Phi) is 3.39. The highest BCUT2D eigenvalue weighted by Gasteiger charge is 2.24. The summed E-state index contributed by atoms with van der Waals surface area (Å²) in [5.41, 5.74) is 0. The number of likely N-dealkylation sites (tertiary alicyclic amines) is 1. The molecule has 0 saturated carbocycles. The third-order valence-electron chi connectivity index (χ3n) is 2.86. The highest BCUT2D eigenvalue weighted by atomic mass is 16.2. The molecule has 4 heteroatoms. The smallest absolute Gasteiger partial charge is 0.222 e. The van der Waals surface area contributed by atoms with Crippen molar-refractivity contribution in [3.05, 3.63) is 24.4 Å². The molecule has 1 N–H and O–H groups in total. The number of rotatable bonds is 3. The van der Waals surface area contributed by atoms with Crippen LogP contribution in [0.4, 0.5) is 5.82 Å². The molecule has 4 nitrogen and oxygen atoms in total. The highest BCUT2D eigenvalue weighted by Crippen LogP contribution is 2.14. The fourth-order valence-corrected chi connectivity index (χ4v) is 1.99. The van der Waals surface area contributed by atoms with Gasteiger partial charge in [0.1, 0.15) is 5.82 Å². The van der Waals surface area contributed by atoms with E-state index in [1.165, 1.54) is 0 Å². The van der Waals surface area contributed by atoms with Crippen molar-refractivity contribution in [3.8, 4) is 0 Å². The summed E-state index contributed by atoms with van der Waals surface area (Å²) in [6.45, 7) is 3.56. The molecule has 0 aliphatic carbocycles. The van der Waals surface area contributed by atoms with Crippen LogP contribution in [0.5, 0.6) is 0 Å². The van der Waals surface area contributed by atoms with Gasteiger partial charge >= 0.3 is 0 Å². The van der Waals surface area contributed by atoms with Gasteiger partial charge in [0, 0.05) is 31.7 Å². The number of hydrogen-bond acceptors (Lipinski definition) is 3. The SMILES string of the molecule is CCC(=O)N1CCC(Nc2ccccn2)C1. The van der Waals surface area contributed by atoms with Crippen LogP contribution in [0.15, 0.2) is 24.4 Å². The minimum absolute atomic E-state index is 0.241. The average Bonchev–Trinajstić information content (AvgIpc) is 2.78. The molecule has 1 aliphatic heterocycles. The predicted molar refractivity (Wildman–Crippen MR) is 63.1 cm³/mol. The summed E-state index contributed by atoms with van der Waals surface area (Å²) in [4.78, 5) is 17.6. The summed E-state index contributed by atoms with van der Waals surface area (Å²) < 4.78 is 0. The first-order chi connectivity index (χ1) is 7.79. The zero-order valence-corrected chi connectivity index (χ0v) is 9.52. The first-order valence-electron chi connectivity index (χ1n) is 5.75. The number of nitrogens with zero attached hydrogens (tertiary/aromatic N) is 2. The second-order valence-electron chi connectivity index (χ2n) is 4.04. The van der Waals surface area contributed by atoms with Gasteiger partial charge in [-0.25, -0.2) is 4.98 Å². The van der Waals surface area contributed by atoms with Crippen LogP contribution in [0.1, 0.15) is 19.8 Å². The van der Waals surface area contributed by atoms with E-state index in [0.29, 0.717) is 12.5 Å². The largest absolute Gasteiger partial charge is 0.365 e. The molecule has 0 radical (unpaired) electrons. The Morgan fingerprint density at radius 2 is 2.50 bits per heavy atom.